The third-order valence-electron chi connectivity index (χ3n) is 3.27. The van der Waals surface area contributed by atoms with Crippen LogP contribution in [0.15, 0.2) is 0 Å². The van der Waals surface area contributed by atoms with Crippen molar-refractivity contribution in [1.82, 2.24) is 0 Å². The third-order valence-corrected chi connectivity index (χ3v) is 3.27. The smallest absolute Gasteiger partial charge is 0.0489 e. The zero-order valence-electron chi connectivity index (χ0n) is 9.06. The Labute approximate surface area is 77.2 Å². The summed E-state index contributed by atoms with van der Waals surface area (Å²) in [6, 6.07) is 0. The molecule has 1 heteroatoms. The molecular formula is C11H24O. The van der Waals surface area contributed by atoms with Crippen LogP contribution >= 0.6 is 0 Å². The molecule has 0 saturated heterocycles. The number of aliphatic hydroxyl groups excluding tert-OH is 1. The molecule has 0 aliphatic rings. The zero-order chi connectivity index (χ0) is 9.61. The van der Waals surface area contributed by atoms with Crippen molar-refractivity contribution in [2.45, 2.75) is 53.4 Å². The number of aliphatic hydroxyl groups is 1. The van der Waals surface area contributed by atoms with Crippen LogP contribution in [0.3, 0.4) is 0 Å². The highest BCUT2D eigenvalue weighted by atomic mass is 16.3. The maximum absolute atomic E-state index is 9.37. The Morgan fingerprint density at radius 1 is 1.25 bits per heavy atom. The van der Waals surface area contributed by atoms with Crippen LogP contribution < -0.4 is 0 Å². The standard InChI is InChI=1S/C11H24O/c1-5-7-8-11(6-2,9-12)10(3)4/h10,12H,5-9H2,1-4H3. The first kappa shape index (κ1) is 12.0. The quantitative estimate of drug-likeness (QED) is 0.652. The summed E-state index contributed by atoms with van der Waals surface area (Å²) in [7, 11) is 0. The van der Waals surface area contributed by atoms with Gasteiger partial charge in [0.2, 0.25) is 0 Å². The number of unbranched alkanes of at least 4 members (excludes halogenated alkanes) is 1. The molecule has 0 spiro atoms. The molecule has 1 N–H and O–H groups in total. The lowest BCUT2D eigenvalue weighted by atomic mass is 9.72. The Kier molecular flexibility index (Phi) is 5.56. The van der Waals surface area contributed by atoms with Crippen molar-refractivity contribution >= 4 is 0 Å². The van der Waals surface area contributed by atoms with Crippen LogP contribution in [0.4, 0.5) is 0 Å². The lowest BCUT2D eigenvalue weighted by Gasteiger charge is -2.35. The second-order valence-corrected chi connectivity index (χ2v) is 4.13. The monoisotopic (exact) mass is 172 g/mol. The summed E-state index contributed by atoms with van der Waals surface area (Å²) in [4.78, 5) is 0. The van der Waals surface area contributed by atoms with Crippen molar-refractivity contribution in [2.75, 3.05) is 6.61 Å². The van der Waals surface area contributed by atoms with E-state index >= 15 is 0 Å². The molecule has 0 bridgehead atoms. The molecule has 0 radical (unpaired) electrons. The number of hydrogen-bond donors (Lipinski definition) is 1. The van der Waals surface area contributed by atoms with E-state index < -0.39 is 0 Å². The predicted octanol–water partition coefficient (Wildman–Crippen LogP) is 3.22. The Morgan fingerprint density at radius 2 is 1.83 bits per heavy atom. The molecule has 1 nitrogen and oxygen atoms in total. The van der Waals surface area contributed by atoms with Gasteiger partial charge in [-0.2, -0.15) is 0 Å². The highest BCUT2D eigenvalue weighted by Gasteiger charge is 2.29. The zero-order valence-corrected chi connectivity index (χ0v) is 9.06. The van der Waals surface area contributed by atoms with Crippen LogP contribution in [0.25, 0.3) is 0 Å². The van der Waals surface area contributed by atoms with E-state index in [1.165, 1.54) is 19.3 Å². The van der Waals surface area contributed by atoms with Crippen molar-refractivity contribution < 1.29 is 5.11 Å². The van der Waals surface area contributed by atoms with Gasteiger partial charge in [-0.25, -0.2) is 0 Å². The molecule has 12 heavy (non-hydrogen) atoms. The normalized spacial score (nSPS) is 16.5. The van der Waals surface area contributed by atoms with Crippen molar-refractivity contribution in [3.63, 3.8) is 0 Å². The van der Waals surface area contributed by atoms with Crippen LogP contribution in [0.1, 0.15) is 53.4 Å². The molecular weight excluding hydrogens is 148 g/mol. The Bertz CT molecular complexity index is 104. The van der Waals surface area contributed by atoms with Crippen molar-refractivity contribution in [1.29, 1.82) is 0 Å². The van der Waals surface area contributed by atoms with Gasteiger partial charge in [-0.1, -0.05) is 40.5 Å². The van der Waals surface area contributed by atoms with E-state index in [0.29, 0.717) is 12.5 Å². The fraction of sp³-hybridized carbons (Fsp3) is 1.00. The van der Waals surface area contributed by atoms with E-state index in [1.54, 1.807) is 0 Å². The average molecular weight is 172 g/mol. The van der Waals surface area contributed by atoms with Crippen molar-refractivity contribution in [3.8, 4) is 0 Å². The fourth-order valence-corrected chi connectivity index (χ4v) is 1.78. The highest BCUT2D eigenvalue weighted by Crippen LogP contribution is 2.36. The topological polar surface area (TPSA) is 20.2 Å². The molecule has 1 unspecified atom stereocenters. The van der Waals surface area contributed by atoms with Crippen LogP contribution in [-0.2, 0) is 0 Å². The van der Waals surface area contributed by atoms with Gasteiger partial charge in [-0.05, 0) is 24.2 Å². The van der Waals surface area contributed by atoms with Gasteiger partial charge in [0.25, 0.3) is 0 Å². The van der Waals surface area contributed by atoms with Gasteiger partial charge in [-0.3, -0.25) is 0 Å². The number of rotatable bonds is 6. The van der Waals surface area contributed by atoms with Gasteiger partial charge in [0, 0.05) is 6.61 Å². The summed E-state index contributed by atoms with van der Waals surface area (Å²) < 4.78 is 0. The molecule has 0 rings (SSSR count). The first-order valence-corrected chi connectivity index (χ1v) is 5.23. The average Bonchev–Trinajstić information content (AvgIpc) is 2.07. The van der Waals surface area contributed by atoms with Gasteiger partial charge < -0.3 is 5.11 Å². The summed E-state index contributed by atoms with van der Waals surface area (Å²) in [5, 5.41) is 9.37. The molecule has 0 saturated carbocycles. The lowest BCUT2D eigenvalue weighted by Crippen LogP contribution is -2.30. The minimum Gasteiger partial charge on any atom is -0.396 e. The molecule has 0 amide bonds. The molecule has 0 aliphatic carbocycles. The van der Waals surface area contributed by atoms with Crippen LogP contribution in [-0.4, -0.2) is 11.7 Å². The van der Waals surface area contributed by atoms with Gasteiger partial charge >= 0.3 is 0 Å². The third kappa shape index (κ3) is 2.78. The summed E-state index contributed by atoms with van der Waals surface area (Å²) in [6.45, 7) is 9.18. The largest absolute Gasteiger partial charge is 0.396 e. The molecule has 1 atom stereocenters. The summed E-state index contributed by atoms with van der Waals surface area (Å²) in [5.74, 6) is 0.596. The molecule has 74 valence electrons. The van der Waals surface area contributed by atoms with Gasteiger partial charge in [-0.15, -0.1) is 0 Å². The lowest BCUT2D eigenvalue weighted by molar-refractivity contribution is 0.0603. The number of hydrogen-bond acceptors (Lipinski definition) is 1. The van der Waals surface area contributed by atoms with E-state index in [4.69, 9.17) is 0 Å². The minimum absolute atomic E-state index is 0.190. The van der Waals surface area contributed by atoms with Gasteiger partial charge in [0.05, 0.1) is 0 Å². The van der Waals surface area contributed by atoms with Crippen molar-refractivity contribution in [2.24, 2.45) is 11.3 Å². The Balaban J connectivity index is 4.15. The van der Waals surface area contributed by atoms with E-state index in [2.05, 4.69) is 27.7 Å². The Morgan fingerprint density at radius 3 is 2.08 bits per heavy atom. The van der Waals surface area contributed by atoms with Crippen LogP contribution in [0, 0.1) is 11.3 Å². The molecule has 0 aromatic carbocycles. The maximum atomic E-state index is 9.37. The second-order valence-electron chi connectivity index (χ2n) is 4.13. The van der Waals surface area contributed by atoms with E-state index in [9.17, 15) is 5.11 Å². The first-order chi connectivity index (χ1) is 5.63. The van der Waals surface area contributed by atoms with Gasteiger partial charge in [0.15, 0.2) is 0 Å². The molecule has 0 aliphatic heterocycles. The fourth-order valence-electron chi connectivity index (χ4n) is 1.78. The molecule has 0 aromatic heterocycles. The summed E-state index contributed by atoms with van der Waals surface area (Å²) >= 11 is 0. The van der Waals surface area contributed by atoms with Crippen LogP contribution in [0.5, 0.6) is 0 Å². The SMILES string of the molecule is CCCCC(CC)(CO)C(C)C. The predicted molar refractivity (Wildman–Crippen MR) is 54.2 cm³/mol. The van der Waals surface area contributed by atoms with E-state index in [1.807, 2.05) is 0 Å². The van der Waals surface area contributed by atoms with Crippen molar-refractivity contribution in [3.05, 3.63) is 0 Å². The maximum Gasteiger partial charge on any atom is 0.0489 e. The minimum atomic E-state index is 0.190. The summed E-state index contributed by atoms with van der Waals surface area (Å²) in [5.41, 5.74) is 0.190. The second kappa shape index (κ2) is 5.58. The van der Waals surface area contributed by atoms with E-state index in [-0.39, 0.29) is 5.41 Å². The van der Waals surface area contributed by atoms with Gasteiger partial charge in [0.1, 0.15) is 0 Å². The molecule has 0 fully saturated rings. The molecule has 0 heterocycles. The summed E-state index contributed by atoms with van der Waals surface area (Å²) in [6.07, 6.45) is 4.75. The Hall–Kier alpha value is -0.0400. The highest BCUT2D eigenvalue weighted by molar-refractivity contribution is 4.80. The van der Waals surface area contributed by atoms with Crippen LogP contribution in [0.2, 0.25) is 0 Å². The molecule has 0 aromatic rings. The van der Waals surface area contributed by atoms with E-state index in [0.717, 1.165) is 6.42 Å². The first-order valence-electron chi connectivity index (χ1n) is 5.23.